The average Bonchev–Trinajstić information content (AvgIpc) is 3.69. The van der Waals surface area contributed by atoms with Crippen molar-refractivity contribution in [3.05, 3.63) is 108 Å². The molecule has 0 aliphatic rings. The van der Waals surface area contributed by atoms with Gasteiger partial charge in [0.25, 0.3) is 0 Å². The molecule has 20 nitrogen and oxygen atoms in total. The van der Waals surface area contributed by atoms with Crippen molar-refractivity contribution in [3.63, 3.8) is 0 Å². The van der Waals surface area contributed by atoms with E-state index in [1.807, 2.05) is 91.0 Å². The lowest BCUT2D eigenvalue weighted by Crippen LogP contribution is -2.53. The van der Waals surface area contributed by atoms with E-state index < -0.39 is 61.0 Å². The second-order valence-electron chi connectivity index (χ2n) is 22.4. The van der Waals surface area contributed by atoms with Crippen LogP contribution in [0.3, 0.4) is 0 Å². The number of hydrogen-bond donors (Lipinski definition) is 5. The quantitative estimate of drug-likeness (QED) is 0.0480. The molecular weight excluding hydrogens is 1090 g/mol. The topological polar surface area (TPSA) is 275 Å². The van der Waals surface area contributed by atoms with Crippen LogP contribution in [0.2, 0.25) is 0 Å². The van der Waals surface area contributed by atoms with Crippen LogP contribution in [-0.2, 0) is 57.6 Å². The SMILES string of the molecule is CCCCCCCCCCN(CC(N)=O)C(=O)CN(CCCCCCCCCC)C(=O)CN(CCc1ccccc1)C(=O)CN(CCN)C(=O)CN(CCc1ccccc1)C(=O)CN(CCN)C(=O)CN(CCc1ccccc1)C(=O)CNCCN. The van der Waals surface area contributed by atoms with Crippen LogP contribution in [0.25, 0.3) is 0 Å². The van der Waals surface area contributed by atoms with Gasteiger partial charge in [0.05, 0.1) is 52.4 Å². The first-order valence-corrected chi connectivity index (χ1v) is 31.9. The number of nitrogens with zero attached hydrogens (tertiary/aromatic N) is 7. The van der Waals surface area contributed by atoms with Gasteiger partial charge in [0, 0.05) is 72.0 Å². The molecule has 478 valence electrons. The molecule has 0 aliphatic heterocycles. The van der Waals surface area contributed by atoms with Crippen LogP contribution in [0.15, 0.2) is 91.0 Å². The smallest absolute Gasteiger partial charge is 0.242 e. The molecule has 0 radical (unpaired) electrons. The zero-order valence-electron chi connectivity index (χ0n) is 52.2. The molecule has 86 heavy (non-hydrogen) atoms. The number of unbranched alkanes of at least 4 members (excludes halogenated alkanes) is 14. The van der Waals surface area contributed by atoms with Crippen molar-refractivity contribution in [2.75, 3.05) is 124 Å². The highest BCUT2D eigenvalue weighted by Gasteiger charge is 2.30. The Kier molecular flexibility index (Phi) is 38.9. The van der Waals surface area contributed by atoms with Gasteiger partial charge in [-0.05, 0) is 48.8 Å². The van der Waals surface area contributed by atoms with Crippen LogP contribution in [0.1, 0.15) is 133 Å². The first-order valence-electron chi connectivity index (χ1n) is 31.9. The summed E-state index contributed by atoms with van der Waals surface area (Å²) in [5.74, 6) is -3.96. The van der Waals surface area contributed by atoms with Crippen LogP contribution in [0.5, 0.6) is 0 Å². The maximum absolute atomic E-state index is 14.8. The number of carbonyl (C=O) groups is 8. The van der Waals surface area contributed by atoms with E-state index in [0.29, 0.717) is 51.7 Å². The third kappa shape index (κ3) is 31.6. The number of rotatable bonds is 49. The lowest BCUT2D eigenvalue weighted by atomic mass is 10.1. The minimum atomic E-state index is -0.644. The molecule has 0 heterocycles. The highest BCUT2D eigenvalue weighted by molar-refractivity contribution is 5.93. The summed E-state index contributed by atoms with van der Waals surface area (Å²) in [6.45, 7) is 3.39. The van der Waals surface area contributed by atoms with E-state index in [2.05, 4.69) is 19.2 Å². The van der Waals surface area contributed by atoms with E-state index in [1.54, 1.807) is 0 Å². The van der Waals surface area contributed by atoms with Crippen LogP contribution in [0, 0.1) is 0 Å². The molecule has 0 aliphatic carbocycles. The van der Waals surface area contributed by atoms with Gasteiger partial charge >= 0.3 is 0 Å². The number of carbonyl (C=O) groups excluding carboxylic acids is 8. The number of nitrogens with one attached hydrogen (secondary N) is 1. The molecule has 8 amide bonds. The number of benzene rings is 3. The molecule has 0 atom stereocenters. The zero-order valence-corrected chi connectivity index (χ0v) is 52.2. The Bertz CT molecular complexity index is 2390. The lowest BCUT2D eigenvalue weighted by molar-refractivity contribution is -0.148. The fraction of sp³-hybridized carbons (Fsp3) is 0.606. The van der Waals surface area contributed by atoms with E-state index in [-0.39, 0.29) is 91.0 Å². The summed E-state index contributed by atoms with van der Waals surface area (Å²) in [6, 6.07) is 28.5. The number of primary amides is 1. The molecule has 3 aromatic carbocycles. The molecular formula is C66H106N12O8. The first kappa shape index (κ1) is 73.5. The van der Waals surface area contributed by atoms with E-state index in [1.165, 1.54) is 66.4 Å². The van der Waals surface area contributed by atoms with Crippen LogP contribution >= 0.6 is 0 Å². The minimum absolute atomic E-state index is 0.00181. The van der Waals surface area contributed by atoms with Crippen molar-refractivity contribution >= 4 is 47.3 Å². The predicted octanol–water partition coefficient (Wildman–Crippen LogP) is 4.75. The van der Waals surface area contributed by atoms with Gasteiger partial charge in [-0.2, -0.15) is 0 Å². The Labute approximate surface area is 514 Å². The number of hydrogen-bond acceptors (Lipinski definition) is 12. The summed E-state index contributed by atoms with van der Waals surface area (Å²) in [7, 11) is 0. The van der Waals surface area contributed by atoms with Gasteiger partial charge in [-0.15, -0.1) is 0 Å². The molecule has 3 aromatic rings. The highest BCUT2D eigenvalue weighted by atomic mass is 16.2. The summed E-state index contributed by atoms with van der Waals surface area (Å²) < 4.78 is 0. The molecule has 9 N–H and O–H groups in total. The molecule has 0 saturated heterocycles. The molecule has 0 fully saturated rings. The van der Waals surface area contributed by atoms with Crippen LogP contribution < -0.4 is 28.3 Å². The fourth-order valence-electron chi connectivity index (χ4n) is 10.1. The van der Waals surface area contributed by atoms with E-state index in [0.717, 1.165) is 74.5 Å². The summed E-state index contributed by atoms with van der Waals surface area (Å²) in [5.41, 5.74) is 26.3. The Morgan fingerprint density at radius 1 is 0.326 bits per heavy atom. The predicted molar refractivity (Wildman–Crippen MR) is 341 cm³/mol. The maximum Gasteiger partial charge on any atom is 0.242 e. The van der Waals surface area contributed by atoms with Gasteiger partial charge in [-0.25, -0.2) is 0 Å². The van der Waals surface area contributed by atoms with Crippen LogP contribution in [0.4, 0.5) is 0 Å². The number of nitrogens with two attached hydrogens (primary N) is 4. The molecule has 0 unspecified atom stereocenters. The van der Waals surface area contributed by atoms with Gasteiger partial charge < -0.3 is 62.6 Å². The fourth-order valence-corrected chi connectivity index (χ4v) is 10.1. The monoisotopic (exact) mass is 1190 g/mol. The summed E-state index contributed by atoms with van der Waals surface area (Å²) in [4.78, 5) is 123. The Morgan fingerprint density at radius 2 is 0.593 bits per heavy atom. The van der Waals surface area contributed by atoms with Crippen molar-refractivity contribution in [1.82, 2.24) is 39.6 Å². The molecule has 3 rings (SSSR count). The van der Waals surface area contributed by atoms with Gasteiger partial charge in [-0.1, -0.05) is 195 Å². The van der Waals surface area contributed by atoms with Crippen molar-refractivity contribution < 1.29 is 38.4 Å². The molecule has 0 saturated carbocycles. The highest BCUT2D eigenvalue weighted by Crippen LogP contribution is 2.14. The Morgan fingerprint density at radius 3 is 0.884 bits per heavy atom. The maximum atomic E-state index is 14.8. The minimum Gasteiger partial charge on any atom is -0.368 e. The van der Waals surface area contributed by atoms with Crippen molar-refractivity contribution in [1.29, 1.82) is 0 Å². The third-order valence-corrected chi connectivity index (χ3v) is 15.3. The third-order valence-electron chi connectivity index (χ3n) is 15.3. The van der Waals surface area contributed by atoms with Gasteiger partial charge in [-0.3, -0.25) is 38.4 Å². The average molecular weight is 1200 g/mol. The standard InChI is InChI=1S/C66H106N12O8/c1-3-5-7-9-11-13-15-26-41-72(49-59(70)79)61(81)50-73(42-27-16-14-12-10-8-6-4-2)62(82)52-75(44-35-57-30-22-18-23-31-57)63(83)55-78(47-39-69)66(86)53-76(45-36-58-32-24-19-25-33-58)64(84)54-77(46-38-68)65(85)51-74(60(80)48-71-40-37-67)43-34-56-28-20-17-21-29-56/h17-25,28-33,71H,3-16,26-27,34-55,67-69H2,1-2H3,(H2,70,79). The molecule has 0 bridgehead atoms. The first-order chi connectivity index (χ1) is 41.7. The summed E-state index contributed by atoms with van der Waals surface area (Å²) in [6.07, 6.45) is 17.8. The van der Waals surface area contributed by atoms with Gasteiger partial charge in [0.2, 0.25) is 47.3 Å². The normalized spacial score (nSPS) is 11.0. The van der Waals surface area contributed by atoms with E-state index in [4.69, 9.17) is 22.9 Å². The van der Waals surface area contributed by atoms with Gasteiger partial charge in [0.15, 0.2) is 0 Å². The molecule has 20 heteroatoms. The van der Waals surface area contributed by atoms with E-state index >= 15 is 0 Å². The van der Waals surface area contributed by atoms with Crippen LogP contribution in [-0.4, -0.2) is 206 Å². The lowest BCUT2D eigenvalue weighted by Gasteiger charge is -2.32. The van der Waals surface area contributed by atoms with Crippen molar-refractivity contribution in [3.8, 4) is 0 Å². The molecule has 0 spiro atoms. The Hall–Kier alpha value is -6.74. The Balaban J connectivity index is 1.91. The number of amides is 8. The molecule has 0 aromatic heterocycles. The second-order valence-corrected chi connectivity index (χ2v) is 22.4. The van der Waals surface area contributed by atoms with Crippen molar-refractivity contribution in [2.45, 2.75) is 136 Å². The summed E-state index contributed by atoms with van der Waals surface area (Å²) >= 11 is 0. The van der Waals surface area contributed by atoms with E-state index in [9.17, 15) is 38.4 Å². The largest absolute Gasteiger partial charge is 0.368 e. The van der Waals surface area contributed by atoms with Gasteiger partial charge in [0.1, 0.15) is 0 Å². The second kappa shape index (κ2) is 45.6. The summed E-state index contributed by atoms with van der Waals surface area (Å²) in [5, 5.41) is 3.01. The zero-order chi connectivity index (χ0) is 62.6. The van der Waals surface area contributed by atoms with Crippen molar-refractivity contribution in [2.24, 2.45) is 22.9 Å².